The van der Waals surface area contributed by atoms with Gasteiger partial charge in [0.05, 0.1) is 17.8 Å². The maximum Gasteiger partial charge on any atom is 0.433 e. The number of hydrogen-bond donors (Lipinski definition) is 1. The molecule has 0 saturated heterocycles. The molecule has 1 amide bonds. The predicted molar refractivity (Wildman–Crippen MR) is 78.0 cm³/mol. The molecule has 2 rings (SSSR count). The third kappa shape index (κ3) is 4.01. The maximum absolute atomic E-state index is 12.6. The molecule has 2 aromatic heterocycles. The number of nitrogens with zero attached hydrogens (tertiary/aromatic N) is 3. The highest BCUT2D eigenvalue weighted by Crippen LogP contribution is 2.31. The fraction of sp³-hybridized carbons (Fsp3) is 0.357. The smallest absolute Gasteiger partial charge is 0.345 e. The molecule has 124 valence electrons. The Morgan fingerprint density at radius 2 is 2.13 bits per heavy atom. The predicted octanol–water partition coefficient (Wildman–Crippen LogP) is 3.46. The number of carbonyl (C=O) groups is 1. The van der Waals surface area contributed by atoms with E-state index < -0.39 is 23.8 Å². The molecule has 2 heterocycles. The van der Waals surface area contributed by atoms with Crippen molar-refractivity contribution in [3.8, 4) is 0 Å². The summed E-state index contributed by atoms with van der Waals surface area (Å²) in [6, 6.07) is 1.44. The fourth-order valence-electron chi connectivity index (χ4n) is 1.94. The Bertz CT molecular complexity index is 714. The van der Waals surface area contributed by atoms with Crippen molar-refractivity contribution in [2.75, 3.05) is 0 Å². The SMILES string of the molecule is CCn1cc(C(=O)N[C@@H](C)c2ccc(C(F)(F)F)nc2Cl)cn1. The van der Waals surface area contributed by atoms with Gasteiger partial charge in [0.15, 0.2) is 0 Å². The van der Waals surface area contributed by atoms with Crippen molar-refractivity contribution >= 4 is 17.5 Å². The van der Waals surface area contributed by atoms with E-state index in [1.165, 1.54) is 12.3 Å². The molecule has 9 heteroatoms. The molecule has 0 fully saturated rings. The largest absolute Gasteiger partial charge is 0.433 e. The first-order valence-electron chi connectivity index (χ1n) is 6.79. The van der Waals surface area contributed by atoms with Gasteiger partial charge in [0.1, 0.15) is 10.8 Å². The lowest BCUT2D eigenvalue weighted by atomic mass is 10.1. The molecule has 0 aliphatic heterocycles. The van der Waals surface area contributed by atoms with Crippen LogP contribution in [0.3, 0.4) is 0 Å². The van der Waals surface area contributed by atoms with Crippen molar-refractivity contribution in [1.82, 2.24) is 20.1 Å². The maximum atomic E-state index is 12.6. The summed E-state index contributed by atoms with van der Waals surface area (Å²) in [5, 5.41) is 6.34. The number of hydrogen-bond acceptors (Lipinski definition) is 3. The fourth-order valence-corrected chi connectivity index (χ4v) is 2.26. The second-order valence-electron chi connectivity index (χ2n) is 4.85. The van der Waals surface area contributed by atoms with E-state index in [4.69, 9.17) is 11.6 Å². The zero-order valence-electron chi connectivity index (χ0n) is 12.4. The summed E-state index contributed by atoms with van der Waals surface area (Å²) in [4.78, 5) is 15.4. The molecule has 23 heavy (non-hydrogen) atoms. The normalized spacial score (nSPS) is 13.0. The van der Waals surface area contributed by atoms with Crippen molar-refractivity contribution in [3.63, 3.8) is 0 Å². The van der Waals surface area contributed by atoms with E-state index in [9.17, 15) is 18.0 Å². The lowest BCUT2D eigenvalue weighted by molar-refractivity contribution is -0.141. The van der Waals surface area contributed by atoms with Crippen molar-refractivity contribution in [3.05, 3.63) is 46.5 Å². The van der Waals surface area contributed by atoms with Gasteiger partial charge in [-0.05, 0) is 19.9 Å². The first-order chi connectivity index (χ1) is 10.7. The summed E-state index contributed by atoms with van der Waals surface area (Å²) in [6.07, 6.45) is -1.57. The Morgan fingerprint density at radius 3 is 2.65 bits per heavy atom. The van der Waals surface area contributed by atoms with Crippen molar-refractivity contribution in [2.24, 2.45) is 0 Å². The molecule has 0 radical (unpaired) electrons. The molecule has 0 aromatic carbocycles. The highest BCUT2D eigenvalue weighted by atomic mass is 35.5. The number of pyridine rings is 1. The van der Waals surface area contributed by atoms with Crippen LogP contribution in [0, 0.1) is 0 Å². The number of aromatic nitrogens is 3. The van der Waals surface area contributed by atoms with Gasteiger partial charge in [-0.15, -0.1) is 0 Å². The Morgan fingerprint density at radius 1 is 1.43 bits per heavy atom. The molecule has 1 atom stereocenters. The van der Waals surface area contributed by atoms with E-state index >= 15 is 0 Å². The van der Waals surface area contributed by atoms with Crippen molar-refractivity contribution in [1.29, 1.82) is 0 Å². The summed E-state index contributed by atoms with van der Waals surface area (Å²) in [5.41, 5.74) is -0.417. The number of aryl methyl sites for hydroxylation is 1. The van der Waals surface area contributed by atoms with E-state index in [2.05, 4.69) is 15.4 Å². The van der Waals surface area contributed by atoms with Gasteiger partial charge >= 0.3 is 6.18 Å². The van der Waals surface area contributed by atoms with Crippen LogP contribution >= 0.6 is 11.6 Å². The molecule has 0 aliphatic carbocycles. The van der Waals surface area contributed by atoms with Crippen LogP contribution in [0.4, 0.5) is 13.2 Å². The molecule has 0 saturated carbocycles. The van der Waals surface area contributed by atoms with E-state index in [-0.39, 0.29) is 5.15 Å². The number of rotatable bonds is 4. The molecular formula is C14H14ClF3N4O. The minimum atomic E-state index is -4.57. The zero-order chi connectivity index (χ0) is 17.2. The third-order valence-electron chi connectivity index (χ3n) is 3.20. The van der Waals surface area contributed by atoms with Crippen LogP contribution in [0.2, 0.25) is 5.15 Å². The van der Waals surface area contributed by atoms with Gasteiger partial charge in [0.2, 0.25) is 0 Å². The number of amides is 1. The van der Waals surface area contributed by atoms with Gasteiger partial charge in [-0.3, -0.25) is 9.48 Å². The average Bonchev–Trinajstić information content (AvgIpc) is 2.95. The molecule has 2 aromatic rings. The highest BCUT2D eigenvalue weighted by molar-refractivity contribution is 6.30. The van der Waals surface area contributed by atoms with Gasteiger partial charge in [-0.25, -0.2) is 4.98 Å². The lowest BCUT2D eigenvalue weighted by Gasteiger charge is -2.16. The van der Waals surface area contributed by atoms with Crippen molar-refractivity contribution in [2.45, 2.75) is 32.6 Å². The van der Waals surface area contributed by atoms with Gasteiger partial charge in [0, 0.05) is 18.3 Å². The number of nitrogens with one attached hydrogen (secondary N) is 1. The van der Waals surface area contributed by atoms with Gasteiger partial charge < -0.3 is 5.32 Å². The molecule has 1 N–H and O–H groups in total. The van der Waals surface area contributed by atoms with Crippen LogP contribution < -0.4 is 5.32 Å². The summed E-state index contributed by atoms with van der Waals surface area (Å²) in [7, 11) is 0. The van der Waals surface area contributed by atoms with Gasteiger partial charge in [0.25, 0.3) is 5.91 Å². The van der Waals surface area contributed by atoms with Crippen LogP contribution in [0.5, 0.6) is 0 Å². The van der Waals surface area contributed by atoms with Gasteiger partial charge in [-0.1, -0.05) is 17.7 Å². The van der Waals surface area contributed by atoms with Crippen LogP contribution in [-0.4, -0.2) is 20.7 Å². The lowest BCUT2D eigenvalue weighted by Crippen LogP contribution is -2.27. The number of halogens is 4. The minimum Gasteiger partial charge on any atom is -0.345 e. The van der Waals surface area contributed by atoms with E-state index in [0.717, 1.165) is 6.07 Å². The van der Waals surface area contributed by atoms with Crippen LogP contribution in [0.25, 0.3) is 0 Å². The number of alkyl halides is 3. The Hall–Kier alpha value is -2.09. The summed E-state index contributed by atoms with van der Waals surface area (Å²) in [5.74, 6) is -0.395. The average molecular weight is 347 g/mol. The Kier molecular flexibility index (Phi) is 4.93. The second kappa shape index (κ2) is 6.57. The monoisotopic (exact) mass is 346 g/mol. The van der Waals surface area contributed by atoms with Crippen LogP contribution in [0.1, 0.15) is 41.5 Å². The minimum absolute atomic E-state index is 0.295. The molecule has 0 aliphatic rings. The van der Waals surface area contributed by atoms with Crippen molar-refractivity contribution < 1.29 is 18.0 Å². The second-order valence-corrected chi connectivity index (χ2v) is 5.21. The molecule has 0 spiro atoms. The quantitative estimate of drug-likeness (QED) is 0.862. The summed E-state index contributed by atoms with van der Waals surface area (Å²) in [6.45, 7) is 4.11. The van der Waals surface area contributed by atoms with E-state index in [1.54, 1.807) is 17.8 Å². The molecule has 0 unspecified atom stereocenters. The van der Waals surface area contributed by atoms with Gasteiger partial charge in [-0.2, -0.15) is 18.3 Å². The molecular weight excluding hydrogens is 333 g/mol. The first-order valence-corrected chi connectivity index (χ1v) is 7.17. The highest BCUT2D eigenvalue weighted by Gasteiger charge is 2.33. The van der Waals surface area contributed by atoms with E-state index in [0.29, 0.717) is 17.7 Å². The molecule has 0 bridgehead atoms. The van der Waals surface area contributed by atoms with E-state index in [1.807, 2.05) is 6.92 Å². The van der Waals surface area contributed by atoms with Crippen LogP contribution in [-0.2, 0) is 12.7 Å². The third-order valence-corrected chi connectivity index (χ3v) is 3.50. The summed E-state index contributed by atoms with van der Waals surface area (Å²) < 4.78 is 39.3. The zero-order valence-corrected chi connectivity index (χ0v) is 13.1. The summed E-state index contributed by atoms with van der Waals surface area (Å²) >= 11 is 5.81. The number of carbonyl (C=O) groups excluding carboxylic acids is 1. The Labute approximate surface area is 135 Å². The molecule has 5 nitrogen and oxygen atoms in total. The topological polar surface area (TPSA) is 59.8 Å². The van der Waals surface area contributed by atoms with Crippen LogP contribution in [0.15, 0.2) is 24.5 Å². The first kappa shape index (κ1) is 17.3. The Balaban J connectivity index is 2.14. The standard InChI is InChI=1S/C14H14ClF3N4O/c1-3-22-7-9(6-19-22)13(23)20-8(2)10-4-5-11(14(16,17)18)21-12(10)15/h4-8H,3H2,1-2H3,(H,20,23)/t8-/m0/s1.